The SMILES string of the molecule is CN(C)c1ncc(Br)c(C(F)(F)F)n1. The first-order chi connectivity index (χ1) is 6.32. The van der Waals surface area contributed by atoms with Crippen molar-refractivity contribution in [2.24, 2.45) is 0 Å². The van der Waals surface area contributed by atoms with Crippen molar-refractivity contribution in [3.8, 4) is 0 Å². The zero-order valence-corrected chi connectivity index (χ0v) is 9.02. The standard InChI is InChI=1S/C7H7BrF3N3/c1-14(2)6-12-3-4(8)5(13-6)7(9,10)11/h3H,1-2H3. The molecule has 0 bridgehead atoms. The molecule has 1 aromatic heterocycles. The molecule has 0 aliphatic heterocycles. The summed E-state index contributed by atoms with van der Waals surface area (Å²) in [5.41, 5.74) is -0.962. The number of alkyl halides is 3. The third kappa shape index (κ3) is 2.34. The van der Waals surface area contributed by atoms with Crippen molar-refractivity contribution < 1.29 is 13.2 Å². The molecule has 0 aliphatic carbocycles. The van der Waals surface area contributed by atoms with Crippen LogP contribution >= 0.6 is 15.9 Å². The maximum atomic E-state index is 12.4. The third-order valence-corrected chi connectivity index (χ3v) is 1.98. The molecule has 78 valence electrons. The fourth-order valence-corrected chi connectivity index (χ4v) is 1.19. The van der Waals surface area contributed by atoms with Gasteiger partial charge in [-0.1, -0.05) is 0 Å². The lowest BCUT2D eigenvalue weighted by Crippen LogP contribution is -2.17. The van der Waals surface area contributed by atoms with E-state index in [0.29, 0.717) is 0 Å². The van der Waals surface area contributed by atoms with Gasteiger partial charge in [0, 0.05) is 20.3 Å². The van der Waals surface area contributed by atoms with Crippen LogP contribution in [0.15, 0.2) is 10.7 Å². The second-order valence-electron chi connectivity index (χ2n) is 2.76. The lowest BCUT2D eigenvalue weighted by atomic mass is 10.4. The van der Waals surface area contributed by atoms with Crippen LogP contribution in [0.5, 0.6) is 0 Å². The van der Waals surface area contributed by atoms with E-state index in [0.717, 1.165) is 6.20 Å². The van der Waals surface area contributed by atoms with Crippen molar-refractivity contribution in [3.05, 3.63) is 16.4 Å². The van der Waals surface area contributed by atoms with Crippen LogP contribution in [0.4, 0.5) is 19.1 Å². The molecule has 0 saturated carbocycles. The van der Waals surface area contributed by atoms with E-state index in [1.54, 1.807) is 14.1 Å². The predicted molar refractivity (Wildman–Crippen MR) is 49.1 cm³/mol. The zero-order valence-electron chi connectivity index (χ0n) is 7.43. The van der Waals surface area contributed by atoms with E-state index in [2.05, 4.69) is 25.9 Å². The molecule has 0 fully saturated rings. The van der Waals surface area contributed by atoms with E-state index < -0.39 is 11.9 Å². The second-order valence-corrected chi connectivity index (χ2v) is 3.61. The molecule has 0 saturated heterocycles. The maximum absolute atomic E-state index is 12.4. The molecule has 0 atom stereocenters. The number of nitrogens with zero attached hydrogens (tertiary/aromatic N) is 3. The van der Waals surface area contributed by atoms with Crippen molar-refractivity contribution in [2.75, 3.05) is 19.0 Å². The molecule has 1 heterocycles. The summed E-state index contributed by atoms with van der Waals surface area (Å²) in [7, 11) is 3.15. The summed E-state index contributed by atoms with van der Waals surface area (Å²) < 4.78 is 36.9. The Hall–Kier alpha value is -0.850. The average Bonchev–Trinajstić information content (AvgIpc) is 2.02. The summed E-state index contributed by atoms with van der Waals surface area (Å²) in [6.07, 6.45) is -3.38. The molecule has 14 heavy (non-hydrogen) atoms. The molecule has 0 aromatic carbocycles. The fourth-order valence-electron chi connectivity index (χ4n) is 0.772. The van der Waals surface area contributed by atoms with Crippen molar-refractivity contribution >= 4 is 21.9 Å². The smallest absolute Gasteiger partial charge is 0.347 e. The molecule has 1 aromatic rings. The fraction of sp³-hybridized carbons (Fsp3) is 0.429. The van der Waals surface area contributed by atoms with E-state index in [1.807, 2.05) is 0 Å². The predicted octanol–water partition coefficient (Wildman–Crippen LogP) is 2.32. The van der Waals surface area contributed by atoms with Crippen LogP contribution in [0.1, 0.15) is 5.69 Å². The molecule has 0 N–H and O–H groups in total. The van der Waals surface area contributed by atoms with Gasteiger partial charge in [-0.05, 0) is 15.9 Å². The lowest BCUT2D eigenvalue weighted by molar-refractivity contribution is -0.141. The van der Waals surface area contributed by atoms with Gasteiger partial charge in [0.15, 0.2) is 5.69 Å². The number of hydrogen-bond donors (Lipinski definition) is 0. The molecule has 1 rings (SSSR count). The van der Waals surface area contributed by atoms with Gasteiger partial charge in [0.25, 0.3) is 0 Å². The highest BCUT2D eigenvalue weighted by atomic mass is 79.9. The molecule has 7 heteroatoms. The second kappa shape index (κ2) is 3.72. The molecule has 0 amide bonds. The molecule has 3 nitrogen and oxygen atoms in total. The van der Waals surface area contributed by atoms with Gasteiger partial charge in [0.2, 0.25) is 5.95 Å². The quantitative estimate of drug-likeness (QED) is 0.784. The van der Waals surface area contributed by atoms with Crippen LogP contribution in [-0.4, -0.2) is 24.1 Å². The van der Waals surface area contributed by atoms with Crippen LogP contribution < -0.4 is 4.90 Å². The highest BCUT2D eigenvalue weighted by Gasteiger charge is 2.35. The zero-order chi connectivity index (χ0) is 10.9. The monoisotopic (exact) mass is 269 g/mol. The first-order valence-electron chi connectivity index (χ1n) is 3.59. The van der Waals surface area contributed by atoms with E-state index >= 15 is 0 Å². The lowest BCUT2D eigenvalue weighted by Gasteiger charge is -2.13. The molecular weight excluding hydrogens is 263 g/mol. The highest BCUT2D eigenvalue weighted by molar-refractivity contribution is 9.10. The first-order valence-corrected chi connectivity index (χ1v) is 4.38. The normalized spacial score (nSPS) is 11.6. The molecular formula is C7H7BrF3N3. The Morgan fingerprint density at radius 2 is 1.93 bits per heavy atom. The average molecular weight is 270 g/mol. The van der Waals surface area contributed by atoms with Crippen molar-refractivity contribution in [1.82, 2.24) is 9.97 Å². The Bertz CT molecular complexity index is 337. The summed E-state index contributed by atoms with van der Waals surface area (Å²) in [6.45, 7) is 0. The largest absolute Gasteiger partial charge is 0.434 e. The van der Waals surface area contributed by atoms with Crippen LogP contribution in [-0.2, 0) is 6.18 Å². The minimum absolute atomic E-state index is 0.0283. The van der Waals surface area contributed by atoms with Gasteiger partial charge in [0.1, 0.15) is 0 Å². The summed E-state index contributed by atoms with van der Waals surface area (Å²) >= 11 is 2.75. The first kappa shape index (κ1) is 11.2. The van der Waals surface area contributed by atoms with Gasteiger partial charge in [-0.3, -0.25) is 0 Å². The van der Waals surface area contributed by atoms with Gasteiger partial charge in [0.05, 0.1) is 4.47 Å². The Morgan fingerprint density at radius 1 is 1.36 bits per heavy atom. The Morgan fingerprint density at radius 3 is 2.36 bits per heavy atom. The highest BCUT2D eigenvalue weighted by Crippen LogP contribution is 2.33. The summed E-state index contributed by atoms with van der Waals surface area (Å²) in [5.74, 6) is 0.0283. The Labute approximate surface area is 87.1 Å². The van der Waals surface area contributed by atoms with Gasteiger partial charge in [-0.2, -0.15) is 13.2 Å². The van der Waals surface area contributed by atoms with Crippen molar-refractivity contribution in [1.29, 1.82) is 0 Å². The molecule has 0 aliphatic rings. The van der Waals surface area contributed by atoms with Gasteiger partial charge in [-0.15, -0.1) is 0 Å². The number of rotatable bonds is 1. The van der Waals surface area contributed by atoms with Crippen molar-refractivity contribution in [3.63, 3.8) is 0 Å². The number of anilines is 1. The van der Waals surface area contributed by atoms with Crippen LogP contribution in [0.2, 0.25) is 0 Å². The van der Waals surface area contributed by atoms with E-state index in [1.165, 1.54) is 4.90 Å². The van der Waals surface area contributed by atoms with Gasteiger partial charge < -0.3 is 4.90 Å². The molecule has 0 spiro atoms. The van der Waals surface area contributed by atoms with E-state index in [9.17, 15) is 13.2 Å². The summed E-state index contributed by atoms with van der Waals surface area (Å²) in [5, 5.41) is 0. The minimum Gasteiger partial charge on any atom is -0.347 e. The van der Waals surface area contributed by atoms with Crippen LogP contribution in [0.3, 0.4) is 0 Å². The third-order valence-electron chi connectivity index (χ3n) is 1.40. The summed E-state index contributed by atoms with van der Waals surface area (Å²) in [4.78, 5) is 8.51. The summed E-state index contributed by atoms with van der Waals surface area (Å²) in [6, 6.07) is 0. The van der Waals surface area contributed by atoms with Crippen LogP contribution in [0.25, 0.3) is 0 Å². The maximum Gasteiger partial charge on any atom is 0.434 e. The van der Waals surface area contributed by atoms with E-state index in [-0.39, 0.29) is 10.4 Å². The number of aromatic nitrogens is 2. The minimum atomic E-state index is -4.47. The van der Waals surface area contributed by atoms with Crippen LogP contribution in [0, 0.1) is 0 Å². The molecule has 0 unspecified atom stereocenters. The number of halogens is 4. The van der Waals surface area contributed by atoms with E-state index in [4.69, 9.17) is 0 Å². The molecule has 0 radical (unpaired) electrons. The topological polar surface area (TPSA) is 29.0 Å². The van der Waals surface area contributed by atoms with Gasteiger partial charge >= 0.3 is 6.18 Å². The van der Waals surface area contributed by atoms with Crippen molar-refractivity contribution in [2.45, 2.75) is 6.18 Å². The Kier molecular flexibility index (Phi) is 2.98. The van der Waals surface area contributed by atoms with Gasteiger partial charge in [-0.25, -0.2) is 9.97 Å². The Balaban J connectivity index is 3.22. The number of hydrogen-bond acceptors (Lipinski definition) is 3.